The maximum absolute atomic E-state index is 10.7. The second kappa shape index (κ2) is 6.39. The van der Waals surface area contributed by atoms with Crippen molar-refractivity contribution in [3.63, 3.8) is 0 Å². The van der Waals surface area contributed by atoms with E-state index in [9.17, 15) is 10.1 Å². The molecule has 1 rings (SSSR count). The molecule has 0 aliphatic heterocycles. The van der Waals surface area contributed by atoms with Gasteiger partial charge >= 0.3 is 0 Å². The quantitative estimate of drug-likeness (QED) is 0.274. The lowest BCUT2D eigenvalue weighted by molar-refractivity contribution is -0.387. The first-order valence-electron chi connectivity index (χ1n) is 4.25. The first-order valence-corrected chi connectivity index (χ1v) is 6.25. The highest BCUT2D eigenvalue weighted by atomic mass is 32.2. The highest BCUT2D eigenvalue weighted by Crippen LogP contribution is 2.30. The molecule has 1 aromatic carbocycles. The molecule has 0 heterocycles. The van der Waals surface area contributed by atoms with Gasteiger partial charge < -0.3 is 4.74 Å². The van der Waals surface area contributed by atoms with E-state index in [2.05, 4.69) is 4.40 Å². The number of para-hydroxylation sites is 1. The number of rotatable bonds is 3. The fraction of sp³-hybridized carbons (Fsp3) is 0.222. The first kappa shape index (κ1) is 12.9. The standard InChI is InChI=1S/C9H10N2O3S2/c1-14-9(15-2)10-16-8-6-4-3-5-7(8)11(12)13/h3-6H,1-2H3/b10-9+. The van der Waals surface area contributed by atoms with E-state index in [0.717, 1.165) is 11.9 Å². The fourth-order valence-corrected chi connectivity index (χ4v) is 2.13. The van der Waals surface area contributed by atoms with Gasteiger partial charge in [-0.15, -0.1) is 0 Å². The van der Waals surface area contributed by atoms with Crippen LogP contribution in [0.3, 0.4) is 0 Å². The molecule has 1 aromatic rings. The van der Waals surface area contributed by atoms with Crippen LogP contribution in [0.4, 0.5) is 5.69 Å². The highest BCUT2D eigenvalue weighted by molar-refractivity contribution is 8.13. The SMILES string of the molecule is CO/C(=N\Sc1ccccc1[N+](=O)[O-])SC. The second-order valence-corrected chi connectivity index (χ2v) is 4.14. The molecule has 16 heavy (non-hydrogen) atoms. The average Bonchev–Trinajstić information content (AvgIpc) is 2.30. The van der Waals surface area contributed by atoms with Gasteiger partial charge in [-0.1, -0.05) is 23.9 Å². The number of methoxy groups -OCH3 is 1. The van der Waals surface area contributed by atoms with Gasteiger partial charge in [-0.25, -0.2) is 0 Å². The molecule has 0 unspecified atom stereocenters. The molecule has 7 heteroatoms. The zero-order chi connectivity index (χ0) is 12.0. The van der Waals surface area contributed by atoms with Crippen LogP contribution in [0.15, 0.2) is 33.6 Å². The van der Waals surface area contributed by atoms with Gasteiger partial charge in [0.25, 0.3) is 10.9 Å². The summed E-state index contributed by atoms with van der Waals surface area (Å²) in [5.74, 6) is 0. The minimum atomic E-state index is -0.427. The van der Waals surface area contributed by atoms with E-state index in [1.54, 1.807) is 18.2 Å². The van der Waals surface area contributed by atoms with Crippen molar-refractivity contribution in [2.24, 2.45) is 4.40 Å². The zero-order valence-corrected chi connectivity index (χ0v) is 10.4. The topological polar surface area (TPSA) is 64.7 Å². The van der Waals surface area contributed by atoms with Gasteiger partial charge in [0.1, 0.15) is 4.90 Å². The van der Waals surface area contributed by atoms with Gasteiger partial charge in [0, 0.05) is 18.0 Å². The van der Waals surface area contributed by atoms with E-state index in [1.807, 2.05) is 6.26 Å². The van der Waals surface area contributed by atoms with Crippen LogP contribution in [0.25, 0.3) is 0 Å². The smallest absolute Gasteiger partial charge is 0.284 e. The summed E-state index contributed by atoms with van der Waals surface area (Å²) in [4.78, 5) is 10.8. The van der Waals surface area contributed by atoms with E-state index < -0.39 is 4.92 Å². The van der Waals surface area contributed by atoms with Crippen LogP contribution in [0.2, 0.25) is 0 Å². The molecule has 0 amide bonds. The second-order valence-electron chi connectivity index (χ2n) is 2.58. The molecule has 86 valence electrons. The van der Waals surface area contributed by atoms with Crippen LogP contribution in [-0.2, 0) is 4.74 Å². The minimum absolute atomic E-state index is 0.0489. The summed E-state index contributed by atoms with van der Waals surface area (Å²) >= 11 is 2.37. The summed E-state index contributed by atoms with van der Waals surface area (Å²) in [6.07, 6.45) is 1.82. The molecular formula is C9H10N2O3S2. The number of ether oxygens (including phenoxy) is 1. The van der Waals surface area contributed by atoms with E-state index in [1.165, 1.54) is 24.9 Å². The molecule has 5 nitrogen and oxygen atoms in total. The Bertz CT molecular complexity index is 403. The van der Waals surface area contributed by atoms with Crippen LogP contribution in [0.1, 0.15) is 0 Å². The van der Waals surface area contributed by atoms with Gasteiger partial charge in [-0.3, -0.25) is 10.1 Å². The van der Waals surface area contributed by atoms with Crippen molar-refractivity contribution in [2.45, 2.75) is 4.90 Å². The van der Waals surface area contributed by atoms with E-state index in [0.29, 0.717) is 10.1 Å². The van der Waals surface area contributed by atoms with Gasteiger partial charge in [0.15, 0.2) is 0 Å². The normalized spacial score (nSPS) is 11.2. The molecule has 0 saturated heterocycles. The Morgan fingerprint density at radius 1 is 1.50 bits per heavy atom. The van der Waals surface area contributed by atoms with Crippen LogP contribution >= 0.6 is 23.7 Å². The minimum Gasteiger partial charge on any atom is -0.476 e. The largest absolute Gasteiger partial charge is 0.476 e. The molecule has 0 aromatic heterocycles. The third-order valence-electron chi connectivity index (χ3n) is 1.63. The summed E-state index contributed by atoms with van der Waals surface area (Å²) in [6.45, 7) is 0. The molecule has 0 radical (unpaired) electrons. The van der Waals surface area contributed by atoms with Gasteiger partial charge in [-0.2, -0.15) is 4.40 Å². The summed E-state index contributed by atoms with van der Waals surface area (Å²) < 4.78 is 8.99. The molecule has 0 aliphatic carbocycles. The highest BCUT2D eigenvalue weighted by Gasteiger charge is 2.12. The molecule has 0 fully saturated rings. The first-order chi connectivity index (χ1) is 7.69. The molecule has 0 saturated carbocycles. The number of nitrogens with zero attached hydrogens (tertiary/aromatic N) is 2. The van der Waals surface area contributed by atoms with Crippen molar-refractivity contribution >= 4 is 34.6 Å². The number of nitro benzene ring substituents is 1. The van der Waals surface area contributed by atoms with Crippen LogP contribution in [0.5, 0.6) is 0 Å². The Labute approximate surface area is 102 Å². The fourth-order valence-electron chi connectivity index (χ4n) is 0.930. The van der Waals surface area contributed by atoms with E-state index in [4.69, 9.17) is 4.74 Å². The lowest BCUT2D eigenvalue weighted by Crippen LogP contribution is -1.93. The lowest BCUT2D eigenvalue weighted by atomic mass is 10.3. The molecule has 0 bridgehead atoms. The summed E-state index contributed by atoms with van der Waals surface area (Å²) in [6, 6.07) is 6.46. The number of benzene rings is 1. The predicted octanol–water partition coefficient (Wildman–Crippen LogP) is 2.97. The van der Waals surface area contributed by atoms with Gasteiger partial charge in [0.05, 0.1) is 12.0 Å². The van der Waals surface area contributed by atoms with Crippen LogP contribution in [0, 0.1) is 10.1 Å². The monoisotopic (exact) mass is 258 g/mol. The Kier molecular flexibility index (Phi) is 5.13. The van der Waals surface area contributed by atoms with E-state index >= 15 is 0 Å². The Balaban J connectivity index is 2.89. The van der Waals surface area contributed by atoms with Crippen LogP contribution < -0.4 is 0 Å². The lowest BCUT2D eigenvalue weighted by Gasteiger charge is -2.00. The number of hydrogen-bond donors (Lipinski definition) is 0. The number of hydrogen-bond acceptors (Lipinski definition) is 6. The van der Waals surface area contributed by atoms with Crippen molar-refractivity contribution < 1.29 is 9.66 Å². The Morgan fingerprint density at radius 2 is 2.19 bits per heavy atom. The Morgan fingerprint density at radius 3 is 2.75 bits per heavy atom. The molecular weight excluding hydrogens is 248 g/mol. The molecule has 0 aliphatic rings. The average molecular weight is 258 g/mol. The Hall–Kier alpha value is -1.21. The maximum atomic E-state index is 10.7. The summed E-state index contributed by atoms with van der Waals surface area (Å²) in [7, 11) is 1.51. The van der Waals surface area contributed by atoms with Gasteiger partial charge in [0.2, 0.25) is 0 Å². The number of nitro groups is 1. The molecule has 0 atom stereocenters. The van der Waals surface area contributed by atoms with Crippen LogP contribution in [-0.4, -0.2) is 23.5 Å². The third-order valence-corrected chi connectivity index (χ3v) is 3.15. The summed E-state index contributed by atoms with van der Waals surface area (Å²) in [5, 5.41) is 11.2. The van der Waals surface area contributed by atoms with Crippen molar-refractivity contribution in [2.75, 3.05) is 13.4 Å². The van der Waals surface area contributed by atoms with Crippen molar-refractivity contribution in [3.05, 3.63) is 34.4 Å². The number of thioether (sulfide) groups is 1. The summed E-state index contributed by atoms with van der Waals surface area (Å²) in [5.41, 5.74) is 0.0489. The molecule has 0 N–H and O–H groups in total. The van der Waals surface area contributed by atoms with Crippen molar-refractivity contribution in [3.8, 4) is 0 Å². The molecule has 0 spiro atoms. The third kappa shape index (κ3) is 3.42. The van der Waals surface area contributed by atoms with Crippen molar-refractivity contribution in [1.29, 1.82) is 0 Å². The van der Waals surface area contributed by atoms with E-state index in [-0.39, 0.29) is 5.69 Å². The predicted molar refractivity (Wildman–Crippen MR) is 66.9 cm³/mol. The zero-order valence-electron chi connectivity index (χ0n) is 8.75. The maximum Gasteiger partial charge on any atom is 0.284 e. The van der Waals surface area contributed by atoms with Gasteiger partial charge in [-0.05, 0) is 12.3 Å². The van der Waals surface area contributed by atoms with Crippen molar-refractivity contribution in [1.82, 2.24) is 0 Å².